The summed E-state index contributed by atoms with van der Waals surface area (Å²) in [5.74, 6) is -0.0297. The van der Waals surface area contributed by atoms with Crippen molar-refractivity contribution in [2.75, 3.05) is 5.73 Å². The van der Waals surface area contributed by atoms with Crippen molar-refractivity contribution in [1.29, 1.82) is 0 Å². The van der Waals surface area contributed by atoms with Gasteiger partial charge in [-0.2, -0.15) is 0 Å². The first-order chi connectivity index (χ1) is 9.15. The summed E-state index contributed by atoms with van der Waals surface area (Å²) in [6.45, 7) is 0.519. The van der Waals surface area contributed by atoms with Crippen molar-refractivity contribution < 1.29 is 4.79 Å². The average Bonchev–Trinajstić information content (AvgIpc) is 2.39. The van der Waals surface area contributed by atoms with E-state index in [1.54, 1.807) is 6.07 Å². The minimum Gasteiger partial charge on any atom is -0.398 e. The fourth-order valence-corrected chi connectivity index (χ4v) is 2.22. The highest BCUT2D eigenvalue weighted by Crippen LogP contribution is 2.12. The number of nitrogens with one attached hydrogen (secondary N) is 1. The van der Waals surface area contributed by atoms with Gasteiger partial charge in [0.1, 0.15) is 0 Å². The largest absolute Gasteiger partial charge is 0.398 e. The van der Waals surface area contributed by atoms with Crippen LogP contribution in [-0.2, 0) is 17.8 Å². The number of rotatable bonds is 4. The molecule has 3 nitrogen and oxygen atoms in total. The Labute approximate surface area is 121 Å². The van der Waals surface area contributed by atoms with Gasteiger partial charge in [-0.25, -0.2) is 0 Å². The maximum atomic E-state index is 11.8. The number of amides is 1. The van der Waals surface area contributed by atoms with Gasteiger partial charge in [0.05, 0.1) is 6.42 Å². The van der Waals surface area contributed by atoms with Gasteiger partial charge in [0, 0.05) is 16.7 Å². The van der Waals surface area contributed by atoms with E-state index in [-0.39, 0.29) is 5.91 Å². The second kappa shape index (κ2) is 6.38. The van der Waals surface area contributed by atoms with Crippen LogP contribution < -0.4 is 11.1 Å². The van der Waals surface area contributed by atoms with Crippen LogP contribution in [-0.4, -0.2) is 5.91 Å². The van der Waals surface area contributed by atoms with E-state index in [9.17, 15) is 4.79 Å². The van der Waals surface area contributed by atoms with E-state index < -0.39 is 0 Å². The molecule has 19 heavy (non-hydrogen) atoms. The molecule has 3 N–H and O–H groups in total. The highest BCUT2D eigenvalue weighted by atomic mass is 79.9. The lowest BCUT2D eigenvalue weighted by Gasteiger charge is -2.07. The van der Waals surface area contributed by atoms with Gasteiger partial charge in [0.15, 0.2) is 0 Å². The lowest BCUT2D eigenvalue weighted by Crippen LogP contribution is -2.24. The summed E-state index contributed by atoms with van der Waals surface area (Å²) in [6, 6.07) is 15.3. The molecule has 2 aromatic carbocycles. The summed E-state index contributed by atoms with van der Waals surface area (Å²) in [5, 5.41) is 2.89. The first-order valence-corrected chi connectivity index (χ1v) is 6.79. The zero-order valence-corrected chi connectivity index (χ0v) is 12.0. The number of nitrogens with two attached hydrogens (primary N) is 1. The van der Waals surface area contributed by atoms with Crippen molar-refractivity contribution in [1.82, 2.24) is 5.32 Å². The summed E-state index contributed by atoms with van der Waals surface area (Å²) < 4.78 is 1.01. The Balaban J connectivity index is 1.90. The van der Waals surface area contributed by atoms with Gasteiger partial charge in [-0.15, -0.1) is 0 Å². The fraction of sp³-hybridized carbons (Fsp3) is 0.133. The van der Waals surface area contributed by atoms with Gasteiger partial charge >= 0.3 is 0 Å². The van der Waals surface area contributed by atoms with Gasteiger partial charge in [-0.1, -0.05) is 46.3 Å². The summed E-state index contributed by atoms with van der Waals surface area (Å²) in [5.41, 5.74) is 8.38. The van der Waals surface area contributed by atoms with Gasteiger partial charge in [0.2, 0.25) is 5.91 Å². The van der Waals surface area contributed by atoms with Crippen LogP contribution in [0.5, 0.6) is 0 Å². The van der Waals surface area contributed by atoms with Crippen molar-refractivity contribution in [3.63, 3.8) is 0 Å². The van der Waals surface area contributed by atoms with Crippen molar-refractivity contribution >= 4 is 27.5 Å². The van der Waals surface area contributed by atoms with Crippen molar-refractivity contribution in [3.8, 4) is 0 Å². The number of benzene rings is 2. The molecule has 0 unspecified atom stereocenters. The zero-order chi connectivity index (χ0) is 13.7. The molecule has 0 fully saturated rings. The maximum absolute atomic E-state index is 11.8. The quantitative estimate of drug-likeness (QED) is 0.852. The number of halogens is 1. The highest BCUT2D eigenvalue weighted by molar-refractivity contribution is 9.10. The van der Waals surface area contributed by atoms with Crippen LogP contribution in [0.3, 0.4) is 0 Å². The standard InChI is InChI=1S/C15H15BrN2O/c16-13-6-3-4-11(8-13)10-18-15(19)9-12-5-1-2-7-14(12)17/h1-8H,9-10,17H2,(H,18,19). The Morgan fingerprint density at radius 1 is 1.16 bits per heavy atom. The third kappa shape index (κ3) is 4.10. The molecule has 0 atom stereocenters. The molecule has 0 aliphatic carbocycles. The SMILES string of the molecule is Nc1ccccc1CC(=O)NCc1cccc(Br)c1. The third-order valence-electron chi connectivity index (χ3n) is 2.78. The fourth-order valence-electron chi connectivity index (χ4n) is 1.78. The van der Waals surface area contributed by atoms with E-state index in [1.807, 2.05) is 42.5 Å². The van der Waals surface area contributed by atoms with E-state index >= 15 is 0 Å². The molecule has 2 aromatic rings. The molecule has 0 saturated carbocycles. The van der Waals surface area contributed by atoms with E-state index in [2.05, 4.69) is 21.2 Å². The van der Waals surface area contributed by atoms with Crippen LogP contribution >= 0.6 is 15.9 Å². The molecule has 98 valence electrons. The number of anilines is 1. The Kier molecular flexibility index (Phi) is 4.58. The van der Waals surface area contributed by atoms with Crippen LogP contribution in [0.4, 0.5) is 5.69 Å². The average molecular weight is 319 g/mol. The monoisotopic (exact) mass is 318 g/mol. The van der Waals surface area contributed by atoms with Gasteiger partial charge in [0.25, 0.3) is 0 Å². The highest BCUT2D eigenvalue weighted by Gasteiger charge is 2.05. The normalized spacial score (nSPS) is 10.2. The molecular weight excluding hydrogens is 304 g/mol. The molecule has 0 radical (unpaired) electrons. The molecule has 0 aliphatic rings. The molecule has 0 heterocycles. The molecule has 0 saturated heterocycles. The Bertz CT molecular complexity index is 584. The molecular formula is C15H15BrN2O. The number of hydrogen-bond acceptors (Lipinski definition) is 2. The van der Waals surface area contributed by atoms with Crippen molar-refractivity contribution in [3.05, 3.63) is 64.1 Å². The third-order valence-corrected chi connectivity index (χ3v) is 3.28. The summed E-state index contributed by atoms with van der Waals surface area (Å²) >= 11 is 3.40. The minimum absolute atomic E-state index is 0.0297. The van der Waals surface area contributed by atoms with E-state index in [0.717, 1.165) is 15.6 Å². The van der Waals surface area contributed by atoms with Gasteiger partial charge in [-0.3, -0.25) is 4.79 Å². The predicted molar refractivity (Wildman–Crippen MR) is 80.5 cm³/mol. The van der Waals surface area contributed by atoms with Crippen LogP contribution in [0.25, 0.3) is 0 Å². The van der Waals surface area contributed by atoms with Crippen LogP contribution in [0.2, 0.25) is 0 Å². The molecule has 0 aromatic heterocycles. The first-order valence-electron chi connectivity index (χ1n) is 5.99. The van der Waals surface area contributed by atoms with Crippen molar-refractivity contribution in [2.24, 2.45) is 0 Å². The number of hydrogen-bond donors (Lipinski definition) is 2. The van der Waals surface area contributed by atoms with Gasteiger partial charge in [-0.05, 0) is 29.3 Å². The maximum Gasteiger partial charge on any atom is 0.224 e. The topological polar surface area (TPSA) is 55.1 Å². The van der Waals surface area contributed by atoms with E-state index in [0.29, 0.717) is 18.7 Å². The van der Waals surface area contributed by atoms with Crippen LogP contribution in [0.15, 0.2) is 53.0 Å². The second-order valence-corrected chi connectivity index (χ2v) is 5.20. The minimum atomic E-state index is -0.0297. The Hall–Kier alpha value is -1.81. The van der Waals surface area contributed by atoms with E-state index in [4.69, 9.17) is 5.73 Å². The number of nitrogen functional groups attached to an aromatic ring is 1. The zero-order valence-electron chi connectivity index (χ0n) is 10.4. The number of carbonyl (C=O) groups is 1. The smallest absolute Gasteiger partial charge is 0.224 e. The lowest BCUT2D eigenvalue weighted by atomic mass is 10.1. The number of para-hydroxylation sites is 1. The summed E-state index contributed by atoms with van der Waals surface area (Å²) in [6.07, 6.45) is 0.306. The molecule has 0 aliphatic heterocycles. The van der Waals surface area contributed by atoms with Gasteiger partial charge < -0.3 is 11.1 Å². The van der Waals surface area contributed by atoms with Crippen molar-refractivity contribution in [2.45, 2.75) is 13.0 Å². The Morgan fingerprint density at radius 3 is 2.68 bits per heavy atom. The molecule has 0 bridgehead atoms. The number of carbonyl (C=O) groups excluding carboxylic acids is 1. The molecule has 4 heteroatoms. The predicted octanol–water partition coefficient (Wildman–Crippen LogP) is 2.89. The molecule has 0 spiro atoms. The van der Waals surface area contributed by atoms with Crippen LogP contribution in [0.1, 0.15) is 11.1 Å². The Morgan fingerprint density at radius 2 is 1.95 bits per heavy atom. The van der Waals surface area contributed by atoms with E-state index in [1.165, 1.54) is 0 Å². The molecule has 1 amide bonds. The summed E-state index contributed by atoms with van der Waals surface area (Å²) in [7, 11) is 0. The summed E-state index contributed by atoms with van der Waals surface area (Å²) in [4.78, 5) is 11.8. The lowest BCUT2D eigenvalue weighted by molar-refractivity contribution is -0.120. The second-order valence-electron chi connectivity index (χ2n) is 4.28. The molecule has 2 rings (SSSR count). The van der Waals surface area contributed by atoms with Crippen LogP contribution in [0, 0.1) is 0 Å². The first kappa shape index (κ1) is 13.6.